The summed E-state index contributed by atoms with van der Waals surface area (Å²) in [6.07, 6.45) is 3.37. The third kappa shape index (κ3) is 3.91. The molecule has 0 aliphatic rings. The zero-order chi connectivity index (χ0) is 16.9. The van der Waals surface area contributed by atoms with Gasteiger partial charge in [0.2, 0.25) is 5.88 Å². The number of hydrogen-bond donors (Lipinski definition) is 1. The van der Waals surface area contributed by atoms with Crippen molar-refractivity contribution in [1.82, 2.24) is 10.1 Å². The van der Waals surface area contributed by atoms with Crippen molar-refractivity contribution in [2.45, 2.75) is 13.0 Å². The van der Waals surface area contributed by atoms with Crippen LogP contribution in [0.1, 0.15) is 27.2 Å². The van der Waals surface area contributed by atoms with E-state index in [-0.39, 0.29) is 12.2 Å². The van der Waals surface area contributed by atoms with Gasteiger partial charge >= 0.3 is 5.97 Å². The topological polar surface area (TPSA) is 85.5 Å². The molecule has 2 aromatic heterocycles. The zero-order valence-electron chi connectivity index (χ0n) is 12.5. The fraction of sp³-hybridized carbons (Fsp3) is 0.118. The van der Waals surface area contributed by atoms with Crippen molar-refractivity contribution in [3.8, 4) is 5.88 Å². The molecule has 0 saturated carbocycles. The molecule has 0 aliphatic heterocycles. The Morgan fingerprint density at radius 1 is 1.21 bits per heavy atom. The van der Waals surface area contributed by atoms with E-state index in [0.717, 1.165) is 16.8 Å². The maximum atomic E-state index is 10.8. The van der Waals surface area contributed by atoms with Gasteiger partial charge in [-0.2, -0.15) is 0 Å². The molecule has 6 nitrogen and oxygen atoms in total. The lowest BCUT2D eigenvalue weighted by molar-refractivity contribution is 0.0696. The number of benzene rings is 1. The minimum Gasteiger partial charge on any atom is -0.478 e. The molecule has 0 unspecified atom stereocenters. The number of nitrogens with zero attached hydrogens (tertiary/aromatic N) is 2. The summed E-state index contributed by atoms with van der Waals surface area (Å²) in [7, 11) is 0. The number of pyridine rings is 1. The molecule has 122 valence electrons. The van der Waals surface area contributed by atoms with Gasteiger partial charge in [0.05, 0.1) is 16.8 Å². The Balaban J connectivity index is 1.65. The number of carbonyl (C=O) groups is 1. The molecule has 0 fully saturated rings. The van der Waals surface area contributed by atoms with Crippen LogP contribution in [-0.2, 0) is 13.0 Å². The Kier molecular flexibility index (Phi) is 4.77. The summed E-state index contributed by atoms with van der Waals surface area (Å²) in [6, 6.07) is 10.4. The van der Waals surface area contributed by atoms with Crippen molar-refractivity contribution in [1.29, 1.82) is 0 Å². The summed E-state index contributed by atoms with van der Waals surface area (Å²) >= 11 is 5.88. The van der Waals surface area contributed by atoms with Crippen molar-refractivity contribution in [2.24, 2.45) is 0 Å². The van der Waals surface area contributed by atoms with Gasteiger partial charge in [-0.05, 0) is 23.8 Å². The Morgan fingerprint density at radius 3 is 2.67 bits per heavy atom. The smallest absolute Gasteiger partial charge is 0.337 e. The highest BCUT2D eigenvalue weighted by atomic mass is 35.5. The molecule has 0 spiro atoms. The highest BCUT2D eigenvalue weighted by Gasteiger charge is 2.10. The van der Waals surface area contributed by atoms with E-state index in [4.69, 9.17) is 26.0 Å². The van der Waals surface area contributed by atoms with Crippen molar-refractivity contribution < 1.29 is 19.2 Å². The summed E-state index contributed by atoms with van der Waals surface area (Å²) in [5.41, 5.74) is 2.72. The van der Waals surface area contributed by atoms with E-state index in [9.17, 15) is 4.79 Å². The third-order valence-corrected chi connectivity index (χ3v) is 3.62. The van der Waals surface area contributed by atoms with Crippen molar-refractivity contribution in [2.75, 3.05) is 0 Å². The van der Waals surface area contributed by atoms with Crippen LogP contribution in [0.2, 0.25) is 5.02 Å². The Labute approximate surface area is 142 Å². The van der Waals surface area contributed by atoms with Crippen LogP contribution in [0.25, 0.3) is 0 Å². The monoisotopic (exact) mass is 344 g/mol. The van der Waals surface area contributed by atoms with Crippen molar-refractivity contribution >= 4 is 17.6 Å². The predicted octanol–water partition coefficient (Wildman–Crippen LogP) is 3.59. The fourth-order valence-electron chi connectivity index (χ4n) is 2.08. The first kappa shape index (κ1) is 16.0. The standard InChI is InChI=1S/C17H13ClN2O4/c18-14-4-1-11(2-5-14)7-15-13(10-24-20-15)9-23-16-6-3-12(8-19-16)17(21)22/h1-6,8,10H,7,9H2,(H,21,22). The first-order valence-electron chi connectivity index (χ1n) is 7.10. The first-order valence-corrected chi connectivity index (χ1v) is 7.48. The molecule has 0 atom stereocenters. The molecule has 0 radical (unpaired) electrons. The zero-order valence-corrected chi connectivity index (χ0v) is 13.2. The van der Waals surface area contributed by atoms with Gasteiger partial charge < -0.3 is 14.4 Å². The van der Waals surface area contributed by atoms with Gasteiger partial charge in [0.15, 0.2) is 0 Å². The molecule has 0 aliphatic carbocycles. The number of halogens is 1. The summed E-state index contributed by atoms with van der Waals surface area (Å²) in [4.78, 5) is 14.7. The van der Waals surface area contributed by atoms with Crippen LogP contribution < -0.4 is 4.74 Å². The lowest BCUT2D eigenvalue weighted by Crippen LogP contribution is -2.02. The number of rotatable bonds is 6. The number of carboxylic acids is 1. The number of aromatic carboxylic acids is 1. The lowest BCUT2D eigenvalue weighted by Gasteiger charge is -2.05. The summed E-state index contributed by atoms with van der Waals surface area (Å²) in [5.74, 6) is -0.697. The van der Waals surface area contributed by atoms with Crippen LogP contribution in [0.5, 0.6) is 5.88 Å². The first-order chi connectivity index (χ1) is 11.6. The highest BCUT2D eigenvalue weighted by molar-refractivity contribution is 6.30. The number of hydrogen-bond acceptors (Lipinski definition) is 5. The molecule has 3 rings (SSSR count). The maximum Gasteiger partial charge on any atom is 0.337 e. The Hall–Kier alpha value is -2.86. The highest BCUT2D eigenvalue weighted by Crippen LogP contribution is 2.17. The molecule has 3 aromatic rings. The second-order valence-electron chi connectivity index (χ2n) is 5.07. The lowest BCUT2D eigenvalue weighted by atomic mass is 10.1. The second-order valence-corrected chi connectivity index (χ2v) is 5.51. The van der Waals surface area contributed by atoms with Gasteiger partial charge in [-0.25, -0.2) is 9.78 Å². The van der Waals surface area contributed by atoms with Crippen LogP contribution in [0.3, 0.4) is 0 Å². The van der Waals surface area contributed by atoms with E-state index in [1.165, 1.54) is 24.6 Å². The molecule has 2 heterocycles. The van der Waals surface area contributed by atoms with Gasteiger partial charge in [-0.3, -0.25) is 0 Å². The average molecular weight is 345 g/mol. The predicted molar refractivity (Wildman–Crippen MR) is 86.3 cm³/mol. The molecular weight excluding hydrogens is 332 g/mol. The van der Waals surface area contributed by atoms with Crippen LogP contribution in [0.15, 0.2) is 53.4 Å². The van der Waals surface area contributed by atoms with Crippen LogP contribution in [0, 0.1) is 0 Å². The van der Waals surface area contributed by atoms with Crippen LogP contribution in [0.4, 0.5) is 0 Å². The number of aromatic nitrogens is 2. The van der Waals surface area contributed by atoms with E-state index in [2.05, 4.69) is 10.1 Å². The SMILES string of the molecule is O=C(O)c1ccc(OCc2conc2Cc2ccc(Cl)cc2)nc1. The second kappa shape index (κ2) is 7.14. The van der Waals surface area contributed by atoms with Gasteiger partial charge in [0.1, 0.15) is 12.9 Å². The van der Waals surface area contributed by atoms with E-state index < -0.39 is 5.97 Å². The van der Waals surface area contributed by atoms with Crippen molar-refractivity contribution in [3.63, 3.8) is 0 Å². The summed E-state index contributed by atoms with van der Waals surface area (Å²) in [5, 5.41) is 13.5. The van der Waals surface area contributed by atoms with Crippen molar-refractivity contribution in [3.05, 3.63) is 76.3 Å². The largest absolute Gasteiger partial charge is 0.478 e. The molecule has 0 amide bonds. The summed E-state index contributed by atoms with van der Waals surface area (Å²) in [6.45, 7) is 0.228. The fourth-order valence-corrected chi connectivity index (χ4v) is 2.21. The Morgan fingerprint density at radius 2 is 2.00 bits per heavy atom. The molecule has 1 aromatic carbocycles. The van der Waals surface area contributed by atoms with Gasteiger partial charge in [0.25, 0.3) is 0 Å². The van der Waals surface area contributed by atoms with Crippen LogP contribution in [-0.4, -0.2) is 21.2 Å². The van der Waals surface area contributed by atoms with Gasteiger partial charge in [0, 0.05) is 23.7 Å². The molecule has 0 saturated heterocycles. The normalized spacial score (nSPS) is 10.5. The minimum absolute atomic E-state index is 0.107. The maximum absolute atomic E-state index is 10.8. The summed E-state index contributed by atoms with van der Waals surface area (Å²) < 4.78 is 10.6. The molecular formula is C17H13ClN2O4. The molecule has 24 heavy (non-hydrogen) atoms. The average Bonchev–Trinajstić information content (AvgIpc) is 3.02. The third-order valence-electron chi connectivity index (χ3n) is 3.37. The number of carboxylic acid groups (broad SMARTS) is 1. The van der Waals surface area contributed by atoms with E-state index >= 15 is 0 Å². The van der Waals surface area contributed by atoms with Crippen LogP contribution >= 0.6 is 11.6 Å². The number of ether oxygens (including phenoxy) is 1. The van der Waals surface area contributed by atoms with E-state index in [1.807, 2.05) is 24.3 Å². The molecule has 7 heteroatoms. The quantitative estimate of drug-likeness (QED) is 0.735. The molecule has 1 N–H and O–H groups in total. The van der Waals surface area contributed by atoms with E-state index in [1.54, 1.807) is 0 Å². The minimum atomic E-state index is -1.03. The van der Waals surface area contributed by atoms with Gasteiger partial charge in [-0.15, -0.1) is 0 Å². The van der Waals surface area contributed by atoms with E-state index in [0.29, 0.717) is 17.3 Å². The Bertz CT molecular complexity index is 829. The van der Waals surface area contributed by atoms with Gasteiger partial charge in [-0.1, -0.05) is 28.9 Å². The molecule has 0 bridgehead atoms.